The monoisotopic (exact) mass is 514 g/mol. The third kappa shape index (κ3) is 3.78. The van der Waals surface area contributed by atoms with Crippen LogP contribution >= 0.6 is 0 Å². The standard InChI is InChI=1S/C35H30O4/c1-21-18-31-33(19-22(21)2)35(25-7-11-27(37-4)12-8-25,26-9-13-28(14-10-26)39-23(3)36)32-17-6-24-20-29(38-5)15-16-30(24)34(31)32/h6-20H,1-5H3. The van der Waals surface area contributed by atoms with Gasteiger partial charge >= 0.3 is 5.97 Å². The highest BCUT2D eigenvalue weighted by Gasteiger charge is 2.47. The number of ether oxygens (including phenoxy) is 3. The Hall–Kier alpha value is -4.57. The average molecular weight is 515 g/mol. The van der Waals surface area contributed by atoms with Gasteiger partial charge in [-0.1, -0.05) is 54.6 Å². The van der Waals surface area contributed by atoms with Crippen LogP contribution in [0.3, 0.4) is 0 Å². The molecule has 0 aliphatic heterocycles. The second-order valence-corrected chi connectivity index (χ2v) is 10.2. The molecule has 0 N–H and O–H groups in total. The van der Waals surface area contributed by atoms with Crippen LogP contribution in [0.1, 0.15) is 40.3 Å². The van der Waals surface area contributed by atoms with Crippen LogP contribution in [0.2, 0.25) is 0 Å². The maximum absolute atomic E-state index is 11.6. The van der Waals surface area contributed by atoms with Crippen molar-refractivity contribution in [3.05, 3.63) is 124 Å². The predicted molar refractivity (Wildman–Crippen MR) is 155 cm³/mol. The quantitative estimate of drug-likeness (QED) is 0.174. The normalized spacial score (nSPS) is 15.5. The zero-order valence-corrected chi connectivity index (χ0v) is 22.8. The average Bonchev–Trinajstić information content (AvgIpc) is 3.23. The van der Waals surface area contributed by atoms with Gasteiger partial charge in [-0.25, -0.2) is 0 Å². The minimum atomic E-state index is -0.585. The Labute approximate surface area is 228 Å². The van der Waals surface area contributed by atoms with Gasteiger partial charge < -0.3 is 14.2 Å². The number of carbonyl (C=O) groups excluding carboxylic acids is 1. The van der Waals surface area contributed by atoms with Crippen molar-refractivity contribution in [2.75, 3.05) is 14.2 Å². The van der Waals surface area contributed by atoms with Gasteiger partial charge in [-0.05, 0) is 106 Å². The number of carbonyl (C=O) groups is 1. The summed E-state index contributed by atoms with van der Waals surface area (Å²) in [7, 11) is 3.38. The highest BCUT2D eigenvalue weighted by Crippen LogP contribution is 2.58. The minimum Gasteiger partial charge on any atom is -0.497 e. The fourth-order valence-electron chi connectivity index (χ4n) is 6.08. The van der Waals surface area contributed by atoms with E-state index in [-0.39, 0.29) is 5.97 Å². The van der Waals surface area contributed by atoms with Gasteiger partial charge in [-0.2, -0.15) is 0 Å². The van der Waals surface area contributed by atoms with E-state index in [4.69, 9.17) is 14.2 Å². The molecule has 0 heterocycles. The first kappa shape index (κ1) is 24.7. The summed E-state index contributed by atoms with van der Waals surface area (Å²) in [5.41, 5.74) is 9.04. The van der Waals surface area contributed by atoms with Gasteiger partial charge in [0.15, 0.2) is 0 Å². The number of fused-ring (bicyclic) bond motifs is 5. The van der Waals surface area contributed by atoms with E-state index < -0.39 is 5.41 Å². The number of aryl methyl sites for hydroxylation is 2. The van der Waals surface area contributed by atoms with Crippen LogP contribution in [0.4, 0.5) is 0 Å². The minimum absolute atomic E-state index is 0.336. The maximum atomic E-state index is 11.6. The molecule has 6 rings (SSSR count). The third-order valence-corrected chi connectivity index (χ3v) is 8.01. The van der Waals surface area contributed by atoms with Gasteiger partial charge in [0.2, 0.25) is 0 Å². The number of methoxy groups -OCH3 is 2. The third-order valence-electron chi connectivity index (χ3n) is 8.01. The second-order valence-electron chi connectivity index (χ2n) is 10.2. The van der Waals surface area contributed by atoms with Crippen molar-refractivity contribution >= 4 is 16.7 Å². The van der Waals surface area contributed by atoms with Crippen LogP contribution in [-0.2, 0) is 10.2 Å². The summed E-state index contributed by atoms with van der Waals surface area (Å²) in [5, 5.41) is 2.32. The maximum Gasteiger partial charge on any atom is 0.308 e. The smallest absolute Gasteiger partial charge is 0.308 e. The molecule has 4 nitrogen and oxygen atoms in total. The molecule has 5 aromatic rings. The van der Waals surface area contributed by atoms with Crippen LogP contribution < -0.4 is 14.2 Å². The predicted octanol–water partition coefficient (Wildman–Crippen LogP) is 7.76. The summed E-state index contributed by atoms with van der Waals surface area (Å²) in [6, 6.07) is 31.7. The highest BCUT2D eigenvalue weighted by molar-refractivity contribution is 6.04. The van der Waals surface area contributed by atoms with Crippen LogP contribution in [0.25, 0.3) is 21.9 Å². The molecule has 0 saturated heterocycles. The number of hydrogen-bond acceptors (Lipinski definition) is 4. The molecular formula is C35H30O4. The lowest BCUT2D eigenvalue weighted by Crippen LogP contribution is -2.28. The van der Waals surface area contributed by atoms with Crippen molar-refractivity contribution in [3.63, 3.8) is 0 Å². The Morgan fingerprint density at radius 3 is 1.85 bits per heavy atom. The molecule has 0 aromatic heterocycles. The topological polar surface area (TPSA) is 44.8 Å². The molecule has 0 amide bonds. The molecule has 194 valence electrons. The first-order valence-electron chi connectivity index (χ1n) is 13.0. The van der Waals surface area contributed by atoms with Crippen molar-refractivity contribution in [2.24, 2.45) is 0 Å². The summed E-state index contributed by atoms with van der Waals surface area (Å²) >= 11 is 0. The Balaban J connectivity index is 1.74. The first-order chi connectivity index (χ1) is 18.9. The molecule has 4 heteroatoms. The van der Waals surface area contributed by atoms with Crippen molar-refractivity contribution in [1.29, 1.82) is 0 Å². The van der Waals surface area contributed by atoms with Gasteiger partial charge in [-0.15, -0.1) is 0 Å². The lowest BCUT2D eigenvalue weighted by Gasteiger charge is -2.34. The molecule has 1 unspecified atom stereocenters. The fraction of sp³-hybridized carbons (Fsp3) is 0.171. The molecule has 0 spiro atoms. The molecule has 0 fully saturated rings. The van der Waals surface area contributed by atoms with Crippen molar-refractivity contribution in [2.45, 2.75) is 26.2 Å². The zero-order valence-electron chi connectivity index (χ0n) is 22.8. The zero-order chi connectivity index (χ0) is 27.3. The van der Waals surface area contributed by atoms with E-state index in [9.17, 15) is 4.79 Å². The summed E-state index contributed by atoms with van der Waals surface area (Å²) in [6.07, 6.45) is 0. The molecule has 1 atom stereocenters. The van der Waals surface area contributed by atoms with Gasteiger partial charge in [0.25, 0.3) is 0 Å². The Morgan fingerprint density at radius 2 is 1.23 bits per heavy atom. The van der Waals surface area contributed by atoms with E-state index in [0.717, 1.165) is 28.0 Å². The first-order valence-corrected chi connectivity index (χ1v) is 13.0. The van der Waals surface area contributed by atoms with Crippen molar-refractivity contribution < 1.29 is 19.0 Å². The number of rotatable bonds is 5. The SMILES string of the molecule is COc1ccc(C2(c3ccc(OC(C)=O)cc3)c3cc(C)c(C)cc3-c3c2ccc2cc(OC)ccc32)cc1. The number of benzene rings is 5. The van der Waals surface area contributed by atoms with E-state index in [1.165, 1.54) is 45.7 Å². The van der Waals surface area contributed by atoms with Gasteiger partial charge in [0, 0.05) is 6.92 Å². The summed E-state index contributed by atoms with van der Waals surface area (Å²) in [6.45, 7) is 5.76. The van der Waals surface area contributed by atoms with Gasteiger partial charge in [-0.3, -0.25) is 4.79 Å². The lowest BCUT2D eigenvalue weighted by atomic mass is 9.67. The lowest BCUT2D eigenvalue weighted by molar-refractivity contribution is -0.131. The second kappa shape index (κ2) is 9.32. The van der Waals surface area contributed by atoms with Crippen molar-refractivity contribution in [1.82, 2.24) is 0 Å². The molecule has 1 aliphatic carbocycles. The van der Waals surface area contributed by atoms with E-state index in [1.807, 2.05) is 30.3 Å². The Kier molecular flexibility index (Phi) is 5.91. The summed E-state index contributed by atoms with van der Waals surface area (Å²) in [5.74, 6) is 1.84. The van der Waals surface area contributed by atoms with Gasteiger partial charge in [0.1, 0.15) is 17.2 Å². The van der Waals surface area contributed by atoms with Gasteiger partial charge in [0.05, 0.1) is 19.6 Å². The highest BCUT2D eigenvalue weighted by atomic mass is 16.5. The fourth-order valence-corrected chi connectivity index (χ4v) is 6.08. The molecule has 0 bridgehead atoms. The van der Waals surface area contributed by atoms with E-state index in [0.29, 0.717) is 5.75 Å². The Morgan fingerprint density at radius 1 is 0.641 bits per heavy atom. The molecular weight excluding hydrogens is 484 g/mol. The molecule has 0 radical (unpaired) electrons. The number of esters is 1. The van der Waals surface area contributed by atoms with E-state index in [2.05, 4.69) is 74.5 Å². The van der Waals surface area contributed by atoms with Crippen LogP contribution in [-0.4, -0.2) is 20.2 Å². The Bertz CT molecular complexity index is 1730. The summed E-state index contributed by atoms with van der Waals surface area (Å²) < 4.78 is 16.4. The van der Waals surface area contributed by atoms with Crippen molar-refractivity contribution in [3.8, 4) is 28.4 Å². The molecule has 1 aliphatic rings. The van der Waals surface area contributed by atoms with Crippen LogP contribution in [0.15, 0.2) is 91.0 Å². The van der Waals surface area contributed by atoms with Crippen LogP contribution in [0, 0.1) is 13.8 Å². The van der Waals surface area contributed by atoms with E-state index >= 15 is 0 Å². The molecule has 0 saturated carbocycles. The largest absolute Gasteiger partial charge is 0.497 e. The van der Waals surface area contributed by atoms with Crippen LogP contribution in [0.5, 0.6) is 17.2 Å². The summed E-state index contributed by atoms with van der Waals surface area (Å²) in [4.78, 5) is 11.6. The molecule has 39 heavy (non-hydrogen) atoms. The molecule has 5 aromatic carbocycles. The number of hydrogen-bond donors (Lipinski definition) is 0. The van der Waals surface area contributed by atoms with E-state index in [1.54, 1.807) is 14.2 Å².